The fraction of sp³-hybridized carbons (Fsp3) is 0.133. The van der Waals surface area contributed by atoms with Gasteiger partial charge in [-0.15, -0.1) is 0 Å². The quantitative estimate of drug-likeness (QED) is 0.114. The van der Waals surface area contributed by atoms with Crippen molar-refractivity contribution in [1.82, 2.24) is 0 Å². The van der Waals surface area contributed by atoms with E-state index in [-0.39, 0.29) is 0 Å². The van der Waals surface area contributed by atoms with Crippen LogP contribution in [0.3, 0.4) is 0 Å². The number of ether oxygens (including phenoxy) is 4. The van der Waals surface area contributed by atoms with Crippen molar-refractivity contribution in [3.8, 4) is 89.8 Å². The van der Waals surface area contributed by atoms with E-state index in [0.717, 1.165) is 76.8 Å². The second-order valence-electron chi connectivity index (χ2n) is 22.6. The monoisotopic (exact) mass is 1190 g/mol. The van der Waals surface area contributed by atoms with Gasteiger partial charge in [0.25, 0.3) is 0 Å². The largest absolute Gasteiger partial charge is 0.493 e. The van der Waals surface area contributed by atoms with Crippen LogP contribution >= 0.6 is 15.8 Å². The fourth-order valence-electron chi connectivity index (χ4n) is 12.6. The van der Waals surface area contributed by atoms with Gasteiger partial charge < -0.3 is 18.9 Å². The van der Waals surface area contributed by atoms with E-state index < -0.39 is 15.8 Å². The standard InChI is InChI=1S/C53H44O2P2.C30H28O2/c1-7-20-40(21-8-1)46-32-34-50-52(48(46)38-56(42-24-11-3-12-25-42)43-26-13-4-14-27-43)53-49(39-57(44-28-15-5-16-29-44)45-30-17-6-18-31-45)47(41-22-9-2-10-23-41)33-35-51(53)55-37-19-36-54-50;1-21-25(23-11-5-3-6-12-23)15-17-27-29(21)30-22(2)26(24-13-7-4-8-14-24)16-18-28(30)32-20-10-9-19-31-27/h1-18,20-35H,19,36-39H2;3-8,11-18H,9-10,19-20H2,1-2H3. The van der Waals surface area contributed by atoms with Crippen molar-refractivity contribution in [2.45, 2.75) is 45.4 Å². The molecule has 0 saturated carbocycles. The van der Waals surface area contributed by atoms with Crippen molar-refractivity contribution >= 4 is 37.1 Å². The van der Waals surface area contributed by atoms with Gasteiger partial charge in [0.2, 0.25) is 0 Å². The fourth-order valence-corrected chi connectivity index (χ4v) is 17.4. The molecule has 0 bridgehead atoms. The van der Waals surface area contributed by atoms with Gasteiger partial charge in [0.05, 0.1) is 26.4 Å². The summed E-state index contributed by atoms with van der Waals surface area (Å²) in [7, 11) is -1.61. The Balaban J connectivity index is 0.000000192. The molecule has 0 N–H and O–H groups in total. The third-order valence-electron chi connectivity index (χ3n) is 17.0. The van der Waals surface area contributed by atoms with Crippen LogP contribution in [-0.4, -0.2) is 26.4 Å². The summed E-state index contributed by atoms with van der Waals surface area (Å²) in [5, 5.41) is 5.41. The van der Waals surface area contributed by atoms with Crippen LogP contribution in [0.4, 0.5) is 0 Å². The molecule has 0 amide bonds. The molecular formula is C83H72O4P2. The van der Waals surface area contributed by atoms with Gasteiger partial charge in [0.1, 0.15) is 23.0 Å². The SMILES string of the molecule is Cc1c(-c2ccccc2)ccc2c1-c1c(ccc(-c3ccccc3)c1C)OCCCCO2.c1ccc(-c2ccc3c(c2CP(c2ccccc2)c2ccccc2)-c2c(ccc(-c4ccccc4)c2CP(c2ccccc2)c2ccccc2)OCCCO3)cc1. The van der Waals surface area contributed by atoms with E-state index in [4.69, 9.17) is 18.9 Å². The van der Waals surface area contributed by atoms with Crippen molar-refractivity contribution in [1.29, 1.82) is 0 Å². The van der Waals surface area contributed by atoms with E-state index in [0.29, 0.717) is 26.4 Å². The third-order valence-corrected chi connectivity index (χ3v) is 22.0. The zero-order valence-corrected chi connectivity index (χ0v) is 52.4. The van der Waals surface area contributed by atoms with Crippen LogP contribution in [0.5, 0.6) is 23.0 Å². The first-order valence-corrected chi connectivity index (χ1v) is 34.2. The molecule has 2 aliphatic heterocycles. The Labute approximate surface area is 528 Å². The smallest absolute Gasteiger partial charge is 0.127 e. The number of rotatable bonds is 12. The van der Waals surface area contributed by atoms with Crippen molar-refractivity contribution in [2.75, 3.05) is 26.4 Å². The maximum absolute atomic E-state index is 6.90. The molecule has 4 nitrogen and oxygen atoms in total. The van der Waals surface area contributed by atoms with Crippen LogP contribution in [0, 0.1) is 13.8 Å². The summed E-state index contributed by atoms with van der Waals surface area (Å²) >= 11 is 0. The average Bonchev–Trinajstić information content (AvgIpc) is 1.50. The third kappa shape index (κ3) is 13.1. The molecule has 0 fully saturated rings. The molecule has 0 aromatic heterocycles. The molecule has 0 atom stereocenters. The predicted octanol–water partition coefficient (Wildman–Crippen LogP) is 20.0. The van der Waals surface area contributed by atoms with Gasteiger partial charge in [0, 0.05) is 41.0 Å². The summed E-state index contributed by atoms with van der Waals surface area (Å²) in [4.78, 5) is 0. The molecular weight excluding hydrogens is 1120 g/mol. The zero-order valence-electron chi connectivity index (χ0n) is 50.6. The van der Waals surface area contributed by atoms with Crippen molar-refractivity contribution in [2.24, 2.45) is 0 Å². The highest BCUT2D eigenvalue weighted by Gasteiger charge is 2.31. The van der Waals surface area contributed by atoms with E-state index in [1.165, 1.54) is 88.0 Å². The Morgan fingerprint density at radius 1 is 0.247 bits per heavy atom. The Kier molecular flexibility index (Phi) is 18.6. The number of fused-ring (bicyclic) bond motifs is 6. The minimum absolute atomic E-state index is 0.582. The van der Waals surface area contributed by atoms with Crippen LogP contribution in [0.2, 0.25) is 0 Å². The second kappa shape index (κ2) is 28.2. The van der Waals surface area contributed by atoms with Crippen LogP contribution in [0.25, 0.3) is 66.8 Å². The summed E-state index contributed by atoms with van der Waals surface area (Å²) in [5.74, 6) is 3.70. The van der Waals surface area contributed by atoms with Gasteiger partial charge in [-0.2, -0.15) is 0 Å². The Hall–Kier alpha value is -9.30. The van der Waals surface area contributed by atoms with E-state index in [2.05, 4.69) is 305 Å². The lowest BCUT2D eigenvalue weighted by atomic mass is 9.86. The molecule has 14 rings (SSSR count). The average molecular weight is 1200 g/mol. The van der Waals surface area contributed by atoms with Crippen LogP contribution in [0.1, 0.15) is 41.5 Å². The van der Waals surface area contributed by atoms with E-state index >= 15 is 0 Å². The molecule has 0 aliphatic carbocycles. The molecule has 0 unspecified atom stereocenters. The molecule has 12 aromatic rings. The number of hydrogen-bond donors (Lipinski definition) is 0. The van der Waals surface area contributed by atoms with Crippen molar-refractivity contribution in [3.63, 3.8) is 0 Å². The summed E-state index contributed by atoms with van der Waals surface area (Å²) in [5.41, 5.74) is 19.3. The Bertz CT molecular complexity index is 3920. The lowest BCUT2D eigenvalue weighted by Crippen LogP contribution is -2.15. The van der Waals surface area contributed by atoms with Gasteiger partial charge in [-0.3, -0.25) is 0 Å². The lowest BCUT2D eigenvalue weighted by Gasteiger charge is -2.28. The molecule has 438 valence electrons. The van der Waals surface area contributed by atoms with Gasteiger partial charge >= 0.3 is 0 Å². The first kappa shape index (κ1) is 58.7. The molecule has 0 radical (unpaired) electrons. The minimum Gasteiger partial charge on any atom is -0.493 e. The second-order valence-corrected chi connectivity index (χ2v) is 27.0. The molecule has 89 heavy (non-hydrogen) atoms. The molecule has 2 heterocycles. The minimum atomic E-state index is -0.803. The van der Waals surface area contributed by atoms with Gasteiger partial charge in [-0.25, -0.2) is 0 Å². The van der Waals surface area contributed by atoms with Crippen LogP contribution < -0.4 is 40.2 Å². The highest BCUT2D eigenvalue weighted by Crippen LogP contribution is 2.54. The van der Waals surface area contributed by atoms with E-state index in [1.807, 2.05) is 0 Å². The summed E-state index contributed by atoms with van der Waals surface area (Å²) < 4.78 is 26.5. The summed E-state index contributed by atoms with van der Waals surface area (Å²) in [6.07, 6.45) is 4.43. The molecule has 0 spiro atoms. The molecule has 6 heteroatoms. The first-order chi connectivity index (χ1) is 44.1. The van der Waals surface area contributed by atoms with E-state index in [9.17, 15) is 0 Å². The maximum atomic E-state index is 6.90. The lowest BCUT2D eigenvalue weighted by molar-refractivity contribution is 0.252. The maximum Gasteiger partial charge on any atom is 0.127 e. The zero-order chi connectivity index (χ0) is 60.1. The Morgan fingerprint density at radius 2 is 0.483 bits per heavy atom. The molecule has 2 aliphatic rings. The molecule has 12 aromatic carbocycles. The normalized spacial score (nSPS) is 12.7. The van der Waals surface area contributed by atoms with Gasteiger partial charge in [-0.1, -0.05) is 267 Å². The predicted molar refractivity (Wildman–Crippen MR) is 376 cm³/mol. The van der Waals surface area contributed by atoms with E-state index in [1.54, 1.807) is 0 Å². The highest BCUT2D eigenvalue weighted by atomic mass is 31.1. The molecule has 0 saturated heterocycles. The van der Waals surface area contributed by atoms with Gasteiger partial charge in [0.15, 0.2) is 0 Å². The topological polar surface area (TPSA) is 36.9 Å². The van der Waals surface area contributed by atoms with Gasteiger partial charge in [-0.05, 0) is 155 Å². The first-order valence-electron chi connectivity index (χ1n) is 31.1. The van der Waals surface area contributed by atoms with Crippen LogP contribution in [0.15, 0.2) is 291 Å². The van der Waals surface area contributed by atoms with Crippen LogP contribution in [-0.2, 0) is 12.3 Å². The van der Waals surface area contributed by atoms with Crippen molar-refractivity contribution < 1.29 is 18.9 Å². The van der Waals surface area contributed by atoms with Crippen molar-refractivity contribution in [3.05, 3.63) is 313 Å². The highest BCUT2D eigenvalue weighted by molar-refractivity contribution is 7.72. The summed E-state index contributed by atoms with van der Waals surface area (Å²) in [6, 6.07) is 105. The number of benzene rings is 12. The Morgan fingerprint density at radius 3 is 0.775 bits per heavy atom. The number of hydrogen-bond acceptors (Lipinski definition) is 4. The summed E-state index contributed by atoms with van der Waals surface area (Å²) in [6.45, 7) is 6.97.